The molecule has 4 N–H and O–H groups in total. The number of hydrogen-bond donors (Lipinski definition) is 4. The molecule has 0 aliphatic carbocycles. The third kappa shape index (κ3) is 19.0. The van der Waals surface area contributed by atoms with E-state index in [4.69, 9.17) is 24.4 Å². The van der Waals surface area contributed by atoms with Crippen molar-refractivity contribution in [2.24, 2.45) is 0 Å². The molecule has 0 heterocycles. The second kappa shape index (κ2) is 14.3. The molecule has 1 atom stereocenters. The van der Waals surface area contributed by atoms with Gasteiger partial charge < -0.3 is 15.5 Å². The van der Waals surface area contributed by atoms with E-state index in [0.717, 1.165) is 5.23 Å². The number of aliphatic hydroxyl groups is 2. The van der Waals surface area contributed by atoms with E-state index in [0.29, 0.717) is 5.57 Å². The fourth-order valence-corrected chi connectivity index (χ4v) is 1.77. The number of carbonyl (C=O) groups is 1. The molecule has 0 aromatic carbocycles. The van der Waals surface area contributed by atoms with E-state index in [-0.39, 0.29) is 50.6 Å². The smallest absolute Gasteiger partial charge is 0.264 e. The van der Waals surface area contributed by atoms with E-state index in [9.17, 15) is 13.2 Å². The molecule has 144 valence electrons. The summed E-state index contributed by atoms with van der Waals surface area (Å²) in [4.78, 5) is 20.5. The summed E-state index contributed by atoms with van der Waals surface area (Å²) >= 11 is 0. The minimum Gasteiger partial charge on any atom is -0.394 e. The van der Waals surface area contributed by atoms with Crippen molar-refractivity contribution in [3.8, 4) is 0 Å². The number of carbonyl (C=O) groups excluding carboxylic acids is 1. The van der Waals surface area contributed by atoms with Gasteiger partial charge in [-0.3, -0.25) is 19.0 Å². The van der Waals surface area contributed by atoms with Gasteiger partial charge in [0.05, 0.1) is 32.2 Å². The standard InChI is InChI=1S/C8H15NO4S.C5H13NO4/c1-6(2)8(10)9-7(3)4-5-14(11,12)13;1-6(9-4-2-7)10-5-3-8/h7H,1,4-5H2,2-3H3,(H,9,10)(H,11,12,13);7-8H,2-5H2,1H3. The highest BCUT2D eigenvalue weighted by atomic mass is 32.2. The Hall–Kier alpha value is -1.08. The van der Waals surface area contributed by atoms with Crippen molar-refractivity contribution in [3.63, 3.8) is 0 Å². The highest BCUT2D eigenvalue weighted by Gasteiger charge is 2.11. The van der Waals surface area contributed by atoms with Gasteiger partial charge in [-0.05, 0) is 20.3 Å². The lowest BCUT2D eigenvalue weighted by molar-refractivity contribution is -0.356. The first kappa shape index (κ1) is 25.2. The van der Waals surface area contributed by atoms with Crippen LogP contribution in [0.1, 0.15) is 20.3 Å². The van der Waals surface area contributed by atoms with E-state index in [1.165, 1.54) is 0 Å². The average Bonchev–Trinajstić information content (AvgIpc) is 2.48. The van der Waals surface area contributed by atoms with Crippen molar-refractivity contribution in [2.75, 3.05) is 39.2 Å². The summed E-state index contributed by atoms with van der Waals surface area (Å²) in [5.41, 5.74) is 0.365. The van der Waals surface area contributed by atoms with Crippen LogP contribution in [0, 0.1) is 0 Å². The molecule has 0 aromatic heterocycles. The second-order valence-electron chi connectivity index (χ2n) is 4.78. The third-order valence-corrected chi connectivity index (χ3v) is 3.05. The van der Waals surface area contributed by atoms with Crippen LogP contribution < -0.4 is 5.32 Å². The fourth-order valence-electron chi connectivity index (χ4n) is 1.12. The summed E-state index contributed by atoms with van der Waals surface area (Å²) in [5.74, 6) is -0.669. The van der Waals surface area contributed by atoms with Crippen LogP contribution in [0.15, 0.2) is 12.2 Å². The number of hydroxylamine groups is 2. The van der Waals surface area contributed by atoms with Crippen LogP contribution in [0.3, 0.4) is 0 Å². The van der Waals surface area contributed by atoms with Gasteiger partial charge in [0.25, 0.3) is 10.1 Å². The van der Waals surface area contributed by atoms with Crippen LogP contribution in [0.25, 0.3) is 0 Å². The third-order valence-electron chi connectivity index (χ3n) is 2.30. The first-order valence-electron chi connectivity index (χ1n) is 7.16. The van der Waals surface area contributed by atoms with Crippen LogP contribution in [0.4, 0.5) is 0 Å². The molecule has 0 saturated carbocycles. The molecule has 11 heteroatoms. The Balaban J connectivity index is 0. The Morgan fingerprint density at radius 1 is 1.25 bits per heavy atom. The van der Waals surface area contributed by atoms with Gasteiger partial charge in [0.1, 0.15) is 0 Å². The van der Waals surface area contributed by atoms with E-state index >= 15 is 0 Å². The summed E-state index contributed by atoms with van der Waals surface area (Å²) in [6.45, 7) is 6.95. The monoisotopic (exact) mass is 372 g/mol. The normalized spacial score (nSPS) is 12.3. The zero-order chi connectivity index (χ0) is 19.2. The minimum absolute atomic E-state index is 0.0488. The Labute approximate surface area is 142 Å². The van der Waals surface area contributed by atoms with Crippen LogP contribution in [0.5, 0.6) is 0 Å². The summed E-state index contributed by atoms with van der Waals surface area (Å²) in [7, 11) is -2.40. The molecule has 0 spiro atoms. The molecule has 0 aliphatic rings. The van der Waals surface area contributed by atoms with Gasteiger partial charge in [-0.2, -0.15) is 8.42 Å². The molecule has 0 rings (SSSR count). The molecule has 1 unspecified atom stereocenters. The molecular formula is C13H28N2O8S. The maximum atomic E-state index is 11.1. The molecule has 24 heavy (non-hydrogen) atoms. The number of amides is 1. The lowest BCUT2D eigenvalue weighted by Gasteiger charge is -2.13. The Kier molecular flexibility index (Phi) is 15.0. The first-order valence-corrected chi connectivity index (χ1v) is 8.77. The summed E-state index contributed by atoms with van der Waals surface area (Å²) in [5, 5.41) is 20.2. The van der Waals surface area contributed by atoms with E-state index in [2.05, 4.69) is 11.9 Å². The van der Waals surface area contributed by atoms with Gasteiger partial charge in [0.15, 0.2) is 0 Å². The molecule has 0 radical (unpaired) electrons. The quantitative estimate of drug-likeness (QED) is 0.206. The van der Waals surface area contributed by atoms with E-state index < -0.39 is 10.1 Å². The van der Waals surface area contributed by atoms with Crippen molar-refractivity contribution in [1.29, 1.82) is 0 Å². The Bertz CT molecular complexity index is 447. The summed E-state index contributed by atoms with van der Waals surface area (Å²) in [6, 6.07) is -0.305. The molecule has 0 fully saturated rings. The lowest BCUT2D eigenvalue weighted by Crippen LogP contribution is -2.34. The van der Waals surface area contributed by atoms with Gasteiger partial charge in [0, 0.05) is 18.7 Å². The molecule has 0 bridgehead atoms. The Morgan fingerprint density at radius 3 is 2.04 bits per heavy atom. The van der Waals surface area contributed by atoms with Crippen LogP contribution >= 0.6 is 0 Å². The summed E-state index contributed by atoms with van der Waals surface area (Å²) in [6.07, 6.45) is 0.178. The number of rotatable bonds is 11. The number of nitrogens with zero attached hydrogens (tertiary/aromatic N) is 1. The molecule has 10 nitrogen and oxygen atoms in total. The van der Waals surface area contributed by atoms with Gasteiger partial charge in [0.2, 0.25) is 5.91 Å². The predicted molar refractivity (Wildman–Crippen MR) is 87.3 cm³/mol. The first-order chi connectivity index (χ1) is 11.0. The largest absolute Gasteiger partial charge is 0.394 e. The molecule has 0 aliphatic heterocycles. The van der Waals surface area contributed by atoms with E-state index in [1.807, 2.05) is 0 Å². The van der Waals surface area contributed by atoms with Crippen molar-refractivity contribution in [1.82, 2.24) is 10.5 Å². The van der Waals surface area contributed by atoms with Gasteiger partial charge in [-0.25, -0.2) is 0 Å². The number of aliphatic hydroxyl groups excluding tert-OH is 2. The maximum Gasteiger partial charge on any atom is 0.264 e. The fraction of sp³-hybridized carbons (Fsp3) is 0.769. The van der Waals surface area contributed by atoms with Crippen LogP contribution in [-0.4, -0.2) is 79.6 Å². The molecule has 0 aromatic rings. The van der Waals surface area contributed by atoms with E-state index in [1.54, 1.807) is 20.9 Å². The van der Waals surface area contributed by atoms with Crippen LogP contribution in [-0.2, 0) is 24.6 Å². The molecular weight excluding hydrogens is 344 g/mol. The maximum absolute atomic E-state index is 11.1. The van der Waals surface area contributed by atoms with Crippen molar-refractivity contribution < 1.29 is 37.7 Å². The second-order valence-corrected chi connectivity index (χ2v) is 6.35. The van der Waals surface area contributed by atoms with Gasteiger partial charge >= 0.3 is 0 Å². The topological polar surface area (TPSA) is 146 Å². The zero-order valence-electron chi connectivity index (χ0n) is 14.3. The van der Waals surface area contributed by atoms with Crippen LogP contribution in [0.2, 0.25) is 0 Å². The lowest BCUT2D eigenvalue weighted by atomic mass is 10.2. The predicted octanol–water partition coefficient (Wildman–Crippen LogP) is -0.889. The van der Waals surface area contributed by atoms with Crippen molar-refractivity contribution >= 4 is 16.0 Å². The van der Waals surface area contributed by atoms with Gasteiger partial charge in [-0.1, -0.05) is 11.8 Å². The zero-order valence-corrected chi connectivity index (χ0v) is 15.1. The Morgan fingerprint density at radius 2 is 1.71 bits per heavy atom. The summed E-state index contributed by atoms with van der Waals surface area (Å²) < 4.78 is 29.2. The highest BCUT2D eigenvalue weighted by molar-refractivity contribution is 7.85. The SMILES string of the molecule is C=C(C)C(=O)NC(C)CCS(=O)(=O)O.CN(OCCO)OCCO. The van der Waals surface area contributed by atoms with Crippen molar-refractivity contribution in [3.05, 3.63) is 12.2 Å². The average molecular weight is 372 g/mol. The number of nitrogens with one attached hydrogen (secondary N) is 1. The minimum atomic E-state index is -3.95. The molecule has 0 saturated heterocycles. The van der Waals surface area contributed by atoms with Gasteiger partial charge in [-0.15, -0.1) is 0 Å². The van der Waals surface area contributed by atoms with Crippen molar-refractivity contribution in [2.45, 2.75) is 26.3 Å². The molecule has 1 amide bonds. The highest BCUT2D eigenvalue weighted by Crippen LogP contribution is 1.97. The number of hydrogen-bond acceptors (Lipinski definition) is 8.